The summed E-state index contributed by atoms with van der Waals surface area (Å²) in [5, 5.41) is 0. The highest BCUT2D eigenvalue weighted by molar-refractivity contribution is 5.77. The van der Waals surface area contributed by atoms with E-state index in [1.165, 1.54) is 5.56 Å². The Morgan fingerprint density at radius 1 is 1.26 bits per heavy atom. The second-order valence-corrected chi connectivity index (χ2v) is 4.72. The van der Waals surface area contributed by atoms with E-state index >= 15 is 0 Å². The van der Waals surface area contributed by atoms with Crippen molar-refractivity contribution < 1.29 is 8.98 Å². The Hall–Kier alpha value is -2.69. The number of rotatable bonds is 0. The maximum absolute atomic E-state index is 5.78. The van der Waals surface area contributed by atoms with Gasteiger partial charge in [0, 0.05) is 24.2 Å². The molecule has 0 amide bonds. The van der Waals surface area contributed by atoms with Crippen molar-refractivity contribution in [3.8, 4) is 11.4 Å². The summed E-state index contributed by atoms with van der Waals surface area (Å²) in [6.45, 7) is 0.867. The molecular formula is C14H9N4O+. The van der Waals surface area contributed by atoms with Crippen molar-refractivity contribution >= 4 is 16.9 Å². The first kappa shape index (κ1) is 9.27. The molecule has 0 fully saturated rings. The summed E-state index contributed by atoms with van der Waals surface area (Å²) in [5.74, 6) is 1.12. The van der Waals surface area contributed by atoms with Crippen molar-refractivity contribution in [2.75, 3.05) is 0 Å². The molecule has 1 aliphatic heterocycles. The van der Waals surface area contributed by atoms with Gasteiger partial charge in [0.05, 0.1) is 5.56 Å². The first-order valence-electron chi connectivity index (χ1n) is 6.13. The van der Waals surface area contributed by atoms with Gasteiger partial charge in [-0.2, -0.15) is 4.40 Å². The molecule has 0 atom stereocenters. The van der Waals surface area contributed by atoms with Gasteiger partial charge >= 0.3 is 5.71 Å². The Morgan fingerprint density at radius 2 is 2.26 bits per heavy atom. The van der Waals surface area contributed by atoms with E-state index in [0.29, 0.717) is 5.71 Å². The summed E-state index contributed by atoms with van der Waals surface area (Å²) in [4.78, 5) is 8.49. The predicted octanol–water partition coefficient (Wildman–Crippen LogP) is 1.79. The lowest BCUT2D eigenvalue weighted by molar-refractivity contribution is -0.670. The van der Waals surface area contributed by atoms with Gasteiger partial charge in [0.25, 0.3) is 11.5 Å². The van der Waals surface area contributed by atoms with Crippen molar-refractivity contribution in [1.82, 2.24) is 14.4 Å². The van der Waals surface area contributed by atoms with Crippen LogP contribution in [0.15, 0.2) is 47.4 Å². The van der Waals surface area contributed by atoms with E-state index in [9.17, 15) is 0 Å². The highest BCUT2D eigenvalue weighted by Crippen LogP contribution is 2.30. The fraction of sp³-hybridized carbons (Fsp3) is 0.0714. The zero-order chi connectivity index (χ0) is 12.4. The minimum Gasteiger partial charge on any atom is -0.396 e. The fourth-order valence-corrected chi connectivity index (χ4v) is 2.86. The van der Waals surface area contributed by atoms with Gasteiger partial charge in [-0.3, -0.25) is 4.98 Å². The Morgan fingerprint density at radius 3 is 3.26 bits per heavy atom. The number of oxazole rings is 1. The van der Waals surface area contributed by atoms with E-state index in [1.807, 2.05) is 30.7 Å². The predicted molar refractivity (Wildman–Crippen MR) is 67.5 cm³/mol. The quantitative estimate of drug-likeness (QED) is 0.393. The van der Waals surface area contributed by atoms with Crippen LogP contribution in [-0.2, 0) is 6.54 Å². The van der Waals surface area contributed by atoms with Crippen molar-refractivity contribution in [3.63, 3.8) is 0 Å². The van der Waals surface area contributed by atoms with Gasteiger partial charge in [-0.25, -0.2) is 9.55 Å². The Kier molecular flexibility index (Phi) is 1.46. The summed E-state index contributed by atoms with van der Waals surface area (Å²) in [6.07, 6.45) is 7.52. The van der Waals surface area contributed by atoms with Crippen LogP contribution < -0.4 is 4.57 Å². The molecular weight excluding hydrogens is 240 g/mol. The van der Waals surface area contributed by atoms with Crippen molar-refractivity contribution in [2.45, 2.75) is 6.54 Å². The van der Waals surface area contributed by atoms with E-state index in [4.69, 9.17) is 4.42 Å². The largest absolute Gasteiger partial charge is 0.396 e. The average Bonchev–Trinajstić information content (AvgIpc) is 3.04. The summed E-state index contributed by atoms with van der Waals surface area (Å²) >= 11 is 0. The molecule has 5 rings (SSSR count). The molecule has 0 aromatic carbocycles. The zero-order valence-corrected chi connectivity index (χ0v) is 9.95. The van der Waals surface area contributed by atoms with Crippen molar-refractivity contribution in [2.24, 2.45) is 0 Å². The summed E-state index contributed by atoms with van der Waals surface area (Å²) in [6, 6.07) is 6.01. The molecule has 19 heavy (non-hydrogen) atoms. The van der Waals surface area contributed by atoms with Crippen LogP contribution in [0.5, 0.6) is 0 Å². The first-order chi connectivity index (χ1) is 9.42. The molecule has 4 aromatic heterocycles. The molecule has 0 unspecified atom stereocenters. The number of imidazole rings is 1. The van der Waals surface area contributed by atoms with Crippen LogP contribution in [0.3, 0.4) is 0 Å². The molecule has 0 saturated carbocycles. The SMILES string of the molecule is c1cnc2oc3c[n+]4c(n3c2c1)-c1cnccc1C4. The lowest BCUT2D eigenvalue weighted by Crippen LogP contribution is -2.29. The van der Waals surface area contributed by atoms with Gasteiger partial charge < -0.3 is 4.42 Å². The van der Waals surface area contributed by atoms with Crippen LogP contribution in [0.2, 0.25) is 0 Å². The third-order valence-electron chi connectivity index (χ3n) is 3.66. The number of fused-ring (bicyclic) bond motifs is 7. The van der Waals surface area contributed by atoms with Crippen LogP contribution in [-0.4, -0.2) is 14.4 Å². The molecule has 0 spiro atoms. The molecule has 0 aliphatic carbocycles. The zero-order valence-electron chi connectivity index (χ0n) is 9.95. The molecule has 1 aliphatic rings. The number of hydrogen-bond acceptors (Lipinski definition) is 3. The minimum atomic E-state index is 0.665. The second kappa shape index (κ2) is 3.00. The van der Waals surface area contributed by atoms with E-state index in [2.05, 4.69) is 25.0 Å². The van der Waals surface area contributed by atoms with Gasteiger partial charge in [-0.1, -0.05) is 0 Å². The second-order valence-electron chi connectivity index (χ2n) is 4.72. The molecule has 0 saturated heterocycles. The van der Waals surface area contributed by atoms with Crippen LogP contribution in [0, 0.1) is 0 Å². The Labute approximate surface area is 107 Å². The minimum absolute atomic E-state index is 0.665. The van der Waals surface area contributed by atoms with Gasteiger partial charge in [0.1, 0.15) is 6.54 Å². The van der Waals surface area contributed by atoms with Crippen molar-refractivity contribution in [3.05, 3.63) is 48.5 Å². The summed E-state index contributed by atoms with van der Waals surface area (Å²) in [5.41, 5.74) is 4.92. The first-order valence-corrected chi connectivity index (χ1v) is 6.13. The maximum Gasteiger partial charge on any atom is 0.337 e. The highest BCUT2D eigenvalue weighted by atomic mass is 16.4. The van der Waals surface area contributed by atoms with Crippen LogP contribution in [0.1, 0.15) is 5.56 Å². The normalized spacial score (nSPS) is 13.1. The van der Waals surface area contributed by atoms with Gasteiger partial charge in [0.15, 0.2) is 11.7 Å². The smallest absolute Gasteiger partial charge is 0.337 e. The molecule has 5 heterocycles. The standard InChI is InChI=1S/C14H9N4O/c1-2-11-13(16-4-1)19-12-8-17-7-9-3-5-15-6-10(9)14(17)18(11)12/h1-6,8H,7H2/q+1. The molecule has 5 heteroatoms. The Bertz CT molecular complexity index is 951. The number of nitrogens with zero attached hydrogens (tertiary/aromatic N) is 4. The molecule has 0 radical (unpaired) electrons. The molecule has 4 aromatic rings. The lowest BCUT2D eigenvalue weighted by Gasteiger charge is -1.91. The van der Waals surface area contributed by atoms with Crippen LogP contribution in [0.25, 0.3) is 28.3 Å². The molecule has 90 valence electrons. The number of hydrogen-bond donors (Lipinski definition) is 0. The third-order valence-corrected chi connectivity index (χ3v) is 3.66. The van der Waals surface area contributed by atoms with Gasteiger partial charge in [-0.15, -0.1) is 0 Å². The van der Waals surface area contributed by atoms with Crippen LogP contribution >= 0.6 is 0 Å². The van der Waals surface area contributed by atoms with E-state index < -0.39 is 0 Å². The topological polar surface area (TPSA) is 47.2 Å². The molecule has 0 N–H and O–H groups in total. The monoisotopic (exact) mass is 249 g/mol. The maximum atomic E-state index is 5.78. The van der Waals surface area contributed by atoms with E-state index in [-0.39, 0.29) is 0 Å². The molecule has 0 bridgehead atoms. The molecule has 5 nitrogen and oxygen atoms in total. The van der Waals surface area contributed by atoms with E-state index in [0.717, 1.165) is 29.2 Å². The lowest BCUT2D eigenvalue weighted by atomic mass is 10.2. The fourth-order valence-electron chi connectivity index (χ4n) is 2.86. The third kappa shape index (κ3) is 1.03. The highest BCUT2D eigenvalue weighted by Gasteiger charge is 2.33. The number of aromatic nitrogens is 4. The van der Waals surface area contributed by atoms with Crippen LogP contribution in [0.4, 0.5) is 0 Å². The van der Waals surface area contributed by atoms with Gasteiger partial charge in [0.2, 0.25) is 0 Å². The van der Waals surface area contributed by atoms with Gasteiger partial charge in [-0.05, 0) is 18.2 Å². The summed E-state index contributed by atoms with van der Waals surface area (Å²) in [7, 11) is 0. The number of pyridine rings is 2. The average molecular weight is 249 g/mol. The van der Waals surface area contributed by atoms with E-state index in [1.54, 1.807) is 6.20 Å². The van der Waals surface area contributed by atoms with Crippen molar-refractivity contribution in [1.29, 1.82) is 0 Å². The Balaban J connectivity index is 2.00. The summed E-state index contributed by atoms with van der Waals surface area (Å²) < 4.78 is 10.1.